The smallest absolute Gasteiger partial charge is 0.356 e. The van der Waals surface area contributed by atoms with Gasteiger partial charge >= 0.3 is 5.97 Å². The molecule has 2 aromatic heterocycles. The van der Waals surface area contributed by atoms with Gasteiger partial charge in [-0.1, -0.05) is 112 Å². The van der Waals surface area contributed by atoms with E-state index in [-0.39, 0.29) is 26.6 Å². The number of amides is 2. The second-order valence-corrected chi connectivity index (χ2v) is 14.7. The number of allylic oxidation sites excluding steroid dienone is 1. The highest BCUT2D eigenvalue weighted by atomic mass is 35.5. The van der Waals surface area contributed by atoms with E-state index in [1.165, 1.54) is 35.1 Å². The van der Waals surface area contributed by atoms with E-state index in [1.807, 2.05) is 79.7 Å². The van der Waals surface area contributed by atoms with Gasteiger partial charge in [0.2, 0.25) is 5.13 Å². The molecule has 0 aliphatic carbocycles. The largest absolute Gasteiger partial charge is 0.448 e. The number of carbonyl (C=O) groups is 3. The Morgan fingerprint density at radius 2 is 1.77 bits per heavy atom. The van der Waals surface area contributed by atoms with Crippen LogP contribution in [-0.2, 0) is 24.0 Å². The maximum Gasteiger partial charge on any atom is 0.356 e. The number of esters is 1. The summed E-state index contributed by atoms with van der Waals surface area (Å²) in [7, 11) is 5.00. The molecule has 48 heavy (non-hydrogen) atoms. The van der Waals surface area contributed by atoms with E-state index in [2.05, 4.69) is 25.7 Å². The number of thioether (sulfide) groups is 1. The van der Waals surface area contributed by atoms with Crippen molar-refractivity contribution >= 4 is 79.8 Å². The number of β-lactam (4-membered cyclic amide) rings is 1. The Hall–Kier alpha value is -4.51. The first-order chi connectivity index (χ1) is 23.2. The lowest BCUT2D eigenvalue weighted by Crippen LogP contribution is -2.72. The topological polar surface area (TPSA) is 165 Å². The van der Waals surface area contributed by atoms with Crippen LogP contribution >= 0.6 is 46.0 Å². The molecule has 2 aliphatic rings. The Morgan fingerprint density at radius 3 is 2.33 bits per heavy atom. The number of ether oxygens (including phenoxy) is 1. The van der Waals surface area contributed by atoms with Crippen molar-refractivity contribution in [1.82, 2.24) is 25.4 Å². The number of thiazole rings is 1. The number of nitrogens with one attached hydrogen (secondary N) is 1. The lowest BCUT2D eigenvalue weighted by molar-refractivity contribution is -0.158. The molecule has 3 N–H and O–H groups in total. The van der Waals surface area contributed by atoms with E-state index < -0.39 is 36.0 Å². The van der Waals surface area contributed by atoms with Gasteiger partial charge in [-0.15, -0.1) is 10.2 Å². The zero-order valence-electron chi connectivity index (χ0n) is 25.8. The Bertz CT molecular complexity index is 1860. The standard InChI is InChI=1S/C31H29ClN8O5S3/c1-39(2)30-36-37-31(48-30)46-19-15-14-18-20(34-26(41)22(38-44-3)21-25(32)47-29(33)35-21)27(42)40(18)23(19)28(43)45-24(16-10-6-4-7-11-16)17-12-8-5-9-13-17/h4-13,18,20,24H,14-15H2,1-3H3,(H2,33,35)(H,34,41)/t18-,20+/m1/s1. The molecule has 2 amide bonds. The van der Waals surface area contributed by atoms with Crippen LogP contribution in [0, 0.1) is 0 Å². The first kappa shape index (κ1) is 33.4. The molecular weight excluding hydrogens is 696 g/mol. The fraction of sp³-hybridized carbons (Fsp3) is 0.258. The van der Waals surface area contributed by atoms with E-state index in [4.69, 9.17) is 26.9 Å². The molecule has 4 aromatic rings. The summed E-state index contributed by atoms with van der Waals surface area (Å²) in [5.41, 5.74) is 7.22. The number of hydrogen-bond acceptors (Lipinski definition) is 14. The minimum Gasteiger partial charge on any atom is -0.448 e. The second kappa shape index (κ2) is 14.3. The highest BCUT2D eigenvalue weighted by Gasteiger charge is 2.54. The number of nitrogens with zero attached hydrogens (tertiary/aromatic N) is 6. The number of anilines is 2. The van der Waals surface area contributed by atoms with Crippen LogP contribution in [0.5, 0.6) is 0 Å². The summed E-state index contributed by atoms with van der Waals surface area (Å²) >= 11 is 9.86. The van der Waals surface area contributed by atoms with Crippen molar-refractivity contribution in [1.29, 1.82) is 0 Å². The van der Waals surface area contributed by atoms with Crippen LogP contribution in [0.3, 0.4) is 0 Å². The summed E-state index contributed by atoms with van der Waals surface area (Å²) in [5.74, 6) is -1.89. The molecule has 2 atom stereocenters. The molecule has 0 bridgehead atoms. The number of fused-ring (bicyclic) bond motifs is 1. The van der Waals surface area contributed by atoms with Crippen molar-refractivity contribution in [3.63, 3.8) is 0 Å². The fourth-order valence-corrected chi connectivity index (χ4v) is 8.26. The molecule has 0 radical (unpaired) electrons. The van der Waals surface area contributed by atoms with Crippen molar-refractivity contribution in [2.24, 2.45) is 5.16 Å². The van der Waals surface area contributed by atoms with Gasteiger partial charge < -0.3 is 25.5 Å². The maximum atomic E-state index is 14.3. The van der Waals surface area contributed by atoms with E-state index in [0.717, 1.165) is 22.5 Å². The summed E-state index contributed by atoms with van der Waals surface area (Å²) in [4.78, 5) is 54.3. The maximum absolute atomic E-state index is 14.3. The fourth-order valence-electron chi connectivity index (χ4n) is 5.35. The highest BCUT2D eigenvalue weighted by molar-refractivity contribution is 8.04. The Kier molecular flexibility index (Phi) is 9.96. The lowest BCUT2D eigenvalue weighted by atomic mass is 9.86. The number of nitrogens with two attached hydrogens (primary N) is 1. The zero-order chi connectivity index (χ0) is 33.9. The molecule has 4 heterocycles. The molecule has 0 spiro atoms. The van der Waals surface area contributed by atoms with Crippen molar-refractivity contribution in [3.05, 3.63) is 92.4 Å². The number of benzene rings is 2. The van der Waals surface area contributed by atoms with Crippen LogP contribution < -0.4 is 16.0 Å². The van der Waals surface area contributed by atoms with E-state index in [1.54, 1.807) is 0 Å². The molecule has 17 heteroatoms. The third-order valence-electron chi connectivity index (χ3n) is 7.51. The minimum atomic E-state index is -0.954. The lowest BCUT2D eigenvalue weighted by Gasteiger charge is -2.50. The van der Waals surface area contributed by atoms with Crippen LogP contribution in [0.25, 0.3) is 0 Å². The monoisotopic (exact) mass is 724 g/mol. The average Bonchev–Trinajstić information content (AvgIpc) is 3.70. The molecule has 0 saturated carbocycles. The van der Waals surface area contributed by atoms with E-state index >= 15 is 0 Å². The van der Waals surface area contributed by atoms with E-state index in [0.29, 0.717) is 27.2 Å². The molecule has 1 saturated heterocycles. The third-order valence-corrected chi connectivity index (χ3v) is 10.9. The molecule has 1 fully saturated rings. The van der Waals surface area contributed by atoms with Crippen molar-refractivity contribution < 1.29 is 24.0 Å². The van der Waals surface area contributed by atoms with Crippen LogP contribution in [0.15, 0.2) is 80.8 Å². The molecule has 2 aromatic carbocycles. The van der Waals surface area contributed by atoms with Gasteiger partial charge in [0.15, 0.2) is 21.3 Å². The summed E-state index contributed by atoms with van der Waals surface area (Å²) in [5, 5.41) is 15.9. The molecule has 6 rings (SSSR count). The average molecular weight is 725 g/mol. The van der Waals surface area contributed by atoms with Crippen LogP contribution in [0.2, 0.25) is 4.34 Å². The van der Waals surface area contributed by atoms with E-state index in [9.17, 15) is 14.4 Å². The summed E-state index contributed by atoms with van der Waals surface area (Å²) in [6.45, 7) is 0. The van der Waals surface area contributed by atoms with Gasteiger partial charge in [0.25, 0.3) is 11.8 Å². The number of aromatic nitrogens is 3. The molecular formula is C31H29ClN8O5S3. The number of hydrogen-bond donors (Lipinski definition) is 2. The number of nitrogen functional groups attached to an aromatic ring is 1. The quantitative estimate of drug-likeness (QED) is 0.0970. The van der Waals surface area contributed by atoms with Gasteiger partial charge in [-0.3, -0.25) is 14.5 Å². The molecule has 13 nitrogen and oxygen atoms in total. The van der Waals surface area contributed by atoms with Crippen LogP contribution in [0.4, 0.5) is 10.3 Å². The van der Waals surface area contributed by atoms with Crippen molar-refractivity contribution in [3.8, 4) is 0 Å². The number of rotatable bonds is 11. The summed E-state index contributed by atoms with van der Waals surface area (Å²) in [6, 6.07) is 17.3. The van der Waals surface area contributed by atoms with Gasteiger partial charge in [-0.2, -0.15) is 0 Å². The molecule has 2 aliphatic heterocycles. The van der Waals surface area contributed by atoms with Gasteiger partial charge in [0.1, 0.15) is 28.9 Å². The van der Waals surface area contributed by atoms with Crippen molar-refractivity contribution in [2.45, 2.75) is 35.4 Å². The zero-order valence-corrected chi connectivity index (χ0v) is 29.0. The Balaban J connectivity index is 1.31. The normalized spacial score (nSPS) is 17.6. The van der Waals surface area contributed by atoms with Gasteiger partial charge in [-0.05, 0) is 24.0 Å². The van der Waals surface area contributed by atoms with Crippen LogP contribution in [0.1, 0.15) is 35.8 Å². The molecule has 0 unspecified atom stereocenters. The number of halogens is 1. The Labute approximate surface area is 292 Å². The first-order valence-electron chi connectivity index (χ1n) is 14.6. The summed E-state index contributed by atoms with van der Waals surface area (Å²) in [6.07, 6.45) is 0.134. The third kappa shape index (κ3) is 6.74. The Morgan fingerprint density at radius 1 is 1.10 bits per heavy atom. The van der Waals surface area contributed by atoms with Crippen LogP contribution in [-0.4, -0.2) is 76.9 Å². The number of carbonyl (C=O) groups excluding carboxylic acids is 3. The second-order valence-electron chi connectivity index (χ2n) is 10.8. The first-order valence-corrected chi connectivity index (χ1v) is 17.4. The van der Waals surface area contributed by atoms with Crippen molar-refractivity contribution in [2.75, 3.05) is 31.8 Å². The predicted molar refractivity (Wildman–Crippen MR) is 185 cm³/mol. The van der Waals surface area contributed by atoms with Gasteiger partial charge in [0, 0.05) is 19.0 Å². The predicted octanol–water partition coefficient (Wildman–Crippen LogP) is 4.47. The minimum absolute atomic E-state index is 0.0376. The van der Waals surface area contributed by atoms with Gasteiger partial charge in [0.05, 0.1) is 6.04 Å². The summed E-state index contributed by atoms with van der Waals surface area (Å²) < 4.78 is 6.99. The number of oxime groups is 1. The highest BCUT2D eigenvalue weighted by Crippen LogP contribution is 2.45. The van der Waals surface area contributed by atoms with Gasteiger partial charge in [-0.25, -0.2) is 9.78 Å². The SMILES string of the molecule is CON=C(C(=O)N[C@@H]1C(=O)N2C(C(=O)OC(c3ccccc3)c3ccccc3)=C(Sc3nnc(N(C)C)s3)CC[C@H]12)c1nc(N)sc1Cl. The molecule has 248 valence electrons.